The van der Waals surface area contributed by atoms with E-state index in [1.54, 1.807) is 18.3 Å². The SMILES string of the molecule is O=C(Cn1cc(Nc2ncnc3cc(OCCCN4CCN(C(=O)COP(=O)(O)O)CC4)ccc23)cn1)Nc1cccc(F)c1F. The molecule has 0 unspecified atom stereocenters. The third-order valence-electron chi connectivity index (χ3n) is 7.00. The Balaban J connectivity index is 1.07. The van der Waals surface area contributed by atoms with Gasteiger partial charge in [-0.25, -0.2) is 23.3 Å². The molecule has 0 aliphatic carbocycles. The van der Waals surface area contributed by atoms with Crippen LogP contribution in [0.5, 0.6) is 5.75 Å². The van der Waals surface area contributed by atoms with Gasteiger partial charge in [0.05, 0.1) is 29.7 Å². The maximum atomic E-state index is 13.8. The minimum absolute atomic E-state index is 0.226. The van der Waals surface area contributed by atoms with Gasteiger partial charge in [-0.05, 0) is 30.7 Å². The number of phosphoric ester groups is 1. The largest absolute Gasteiger partial charge is 0.493 e. The molecule has 5 rings (SSSR count). The van der Waals surface area contributed by atoms with Gasteiger partial charge in [0.2, 0.25) is 11.8 Å². The molecule has 244 valence electrons. The first-order chi connectivity index (χ1) is 22.0. The van der Waals surface area contributed by atoms with E-state index in [1.165, 1.54) is 34.2 Å². The highest BCUT2D eigenvalue weighted by atomic mass is 31.2. The Morgan fingerprint density at radius 3 is 2.65 bits per heavy atom. The Bertz CT molecular complexity index is 1750. The molecule has 4 aromatic rings. The number of piperazine rings is 1. The number of nitrogens with zero attached hydrogens (tertiary/aromatic N) is 6. The standard InChI is InChI=1S/C28H31F2N8O7P/c29-22-3-1-4-23(27(22)30)35-25(39)16-38-15-19(14-33-38)34-28-21-6-5-20(13-24(21)31-18-32-28)44-12-2-7-36-8-10-37(11-9-36)26(40)17-45-46(41,42)43/h1,3-6,13-15,18H,2,7-12,16-17H2,(H,35,39)(H,31,32,34)(H2,41,42,43). The fourth-order valence-electron chi connectivity index (χ4n) is 4.74. The van der Waals surface area contributed by atoms with E-state index in [-0.39, 0.29) is 12.2 Å². The number of carbonyl (C=O) groups is 2. The average Bonchev–Trinajstić information content (AvgIpc) is 3.46. The van der Waals surface area contributed by atoms with E-state index < -0.39 is 37.9 Å². The number of rotatable bonds is 13. The number of halogens is 2. The van der Waals surface area contributed by atoms with Crippen LogP contribution in [0.25, 0.3) is 10.9 Å². The minimum Gasteiger partial charge on any atom is -0.493 e. The van der Waals surface area contributed by atoms with Crippen molar-refractivity contribution in [3.8, 4) is 5.75 Å². The highest BCUT2D eigenvalue weighted by Crippen LogP contribution is 2.35. The first-order valence-corrected chi connectivity index (χ1v) is 15.7. The molecule has 2 amide bonds. The molecule has 1 saturated heterocycles. The quantitative estimate of drug-likeness (QED) is 0.122. The van der Waals surface area contributed by atoms with E-state index in [1.807, 2.05) is 6.07 Å². The first kappa shape index (κ1) is 32.8. The second-order valence-corrected chi connectivity index (χ2v) is 11.5. The number of benzene rings is 2. The first-order valence-electron chi connectivity index (χ1n) is 14.2. The molecule has 0 saturated carbocycles. The fraction of sp³-hybridized carbons (Fsp3) is 0.321. The van der Waals surface area contributed by atoms with Crippen molar-refractivity contribution in [3.05, 3.63) is 66.8 Å². The molecule has 46 heavy (non-hydrogen) atoms. The Morgan fingerprint density at radius 1 is 1.07 bits per heavy atom. The minimum atomic E-state index is -4.68. The van der Waals surface area contributed by atoms with E-state index in [4.69, 9.17) is 14.5 Å². The molecule has 4 N–H and O–H groups in total. The summed E-state index contributed by atoms with van der Waals surface area (Å²) in [7, 11) is -4.68. The molecule has 3 heterocycles. The summed E-state index contributed by atoms with van der Waals surface area (Å²) in [6.07, 6.45) is 5.22. The molecule has 18 heteroatoms. The highest BCUT2D eigenvalue weighted by Gasteiger charge is 2.24. The van der Waals surface area contributed by atoms with Crippen LogP contribution in [0, 0.1) is 11.6 Å². The van der Waals surface area contributed by atoms with Gasteiger partial charge in [0.15, 0.2) is 11.6 Å². The highest BCUT2D eigenvalue weighted by molar-refractivity contribution is 7.46. The number of anilines is 3. The topological polar surface area (TPSA) is 184 Å². The lowest BCUT2D eigenvalue weighted by atomic mass is 10.2. The summed E-state index contributed by atoms with van der Waals surface area (Å²) >= 11 is 0. The lowest BCUT2D eigenvalue weighted by Crippen LogP contribution is -2.49. The number of carbonyl (C=O) groups excluding carboxylic acids is 2. The van der Waals surface area contributed by atoms with Gasteiger partial charge >= 0.3 is 7.82 Å². The predicted molar refractivity (Wildman–Crippen MR) is 161 cm³/mol. The zero-order valence-corrected chi connectivity index (χ0v) is 25.3. The fourth-order valence-corrected chi connectivity index (χ4v) is 5.02. The molecular weight excluding hydrogens is 629 g/mol. The van der Waals surface area contributed by atoms with Crippen molar-refractivity contribution in [2.75, 3.05) is 56.6 Å². The van der Waals surface area contributed by atoms with Crippen LogP contribution in [-0.2, 0) is 25.2 Å². The van der Waals surface area contributed by atoms with Crippen LogP contribution in [0.3, 0.4) is 0 Å². The van der Waals surface area contributed by atoms with Gasteiger partial charge < -0.3 is 30.1 Å². The van der Waals surface area contributed by atoms with Crippen molar-refractivity contribution in [1.82, 2.24) is 29.5 Å². The summed E-state index contributed by atoms with van der Waals surface area (Å²) in [6, 6.07) is 8.95. The van der Waals surface area contributed by atoms with Crippen LogP contribution in [0.1, 0.15) is 6.42 Å². The van der Waals surface area contributed by atoms with Crippen molar-refractivity contribution in [2.45, 2.75) is 13.0 Å². The Hall–Kier alpha value is -4.54. The van der Waals surface area contributed by atoms with Gasteiger partial charge in [0, 0.05) is 50.4 Å². The Labute approximate surface area is 261 Å². The van der Waals surface area contributed by atoms with Crippen LogP contribution in [-0.4, -0.2) is 97.1 Å². The van der Waals surface area contributed by atoms with Gasteiger partial charge in [-0.15, -0.1) is 0 Å². The summed E-state index contributed by atoms with van der Waals surface area (Å²) in [6.45, 7) is 2.48. The third kappa shape index (κ3) is 9.02. The van der Waals surface area contributed by atoms with Crippen molar-refractivity contribution < 1.29 is 42.0 Å². The van der Waals surface area contributed by atoms with Crippen molar-refractivity contribution in [1.29, 1.82) is 0 Å². The summed E-state index contributed by atoms with van der Waals surface area (Å²) in [5.74, 6) is -2.10. The van der Waals surface area contributed by atoms with Crippen LogP contribution < -0.4 is 15.4 Å². The van der Waals surface area contributed by atoms with Crippen molar-refractivity contribution in [3.63, 3.8) is 0 Å². The van der Waals surface area contributed by atoms with Gasteiger partial charge in [-0.1, -0.05) is 6.07 Å². The van der Waals surface area contributed by atoms with Gasteiger partial charge in [0.1, 0.15) is 31.0 Å². The van der Waals surface area contributed by atoms with E-state index in [0.717, 1.165) is 24.4 Å². The molecule has 0 radical (unpaired) electrons. The van der Waals surface area contributed by atoms with E-state index in [9.17, 15) is 22.9 Å². The van der Waals surface area contributed by atoms with Gasteiger partial charge in [0.25, 0.3) is 0 Å². The number of aromatic nitrogens is 4. The van der Waals surface area contributed by atoms with E-state index >= 15 is 0 Å². The normalized spacial score (nSPS) is 14.0. The Morgan fingerprint density at radius 2 is 1.87 bits per heavy atom. The van der Waals surface area contributed by atoms with Crippen molar-refractivity contribution in [2.24, 2.45) is 0 Å². The molecule has 15 nitrogen and oxygen atoms in total. The number of ether oxygens (including phenoxy) is 1. The van der Waals surface area contributed by atoms with Gasteiger partial charge in [-0.2, -0.15) is 5.10 Å². The maximum Gasteiger partial charge on any atom is 0.470 e. The monoisotopic (exact) mass is 660 g/mol. The van der Waals surface area contributed by atoms with Crippen LogP contribution in [0.2, 0.25) is 0 Å². The zero-order valence-electron chi connectivity index (χ0n) is 24.4. The summed E-state index contributed by atoms with van der Waals surface area (Å²) in [4.78, 5) is 54.2. The van der Waals surface area contributed by atoms with Crippen molar-refractivity contribution >= 4 is 47.7 Å². The zero-order chi connectivity index (χ0) is 32.7. The second-order valence-electron chi connectivity index (χ2n) is 10.3. The summed E-state index contributed by atoms with van der Waals surface area (Å²) in [5, 5.41) is 10.3. The van der Waals surface area contributed by atoms with Crippen LogP contribution in [0.15, 0.2) is 55.1 Å². The number of nitrogens with one attached hydrogen (secondary N) is 2. The lowest BCUT2D eigenvalue weighted by Gasteiger charge is -2.34. The smallest absolute Gasteiger partial charge is 0.470 e. The van der Waals surface area contributed by atoms with E-state index in [2.05, 4.69) is 35.1 Å². The van der Waals surface area contributed by atoms with Crippen LogP contribution in [0.4, 0.5) is 26.0 Å². The summed E-state index contributed by atoms with van der Waals surface area (Å²) < 4.78 is 49.6. The average molecular weight is 661 g/mol. The number of amides is 2. The maximum absolute atomic E-state index is 13.8. The van der Waals surface area contributed by atoms with Gasteiger partial charge in [-0.3, -0.25) is 23.7 Å². The lowest BCUT2D eigenvalue weighted by molar-refractivity contribution is -0.135. The molecule has 1 aliphatic rings. The number of fused-ring (bicyclic) bond motifs is 1. The predicted octanol–water partition coefficient (Wildman–Crippen LogP) is 2.51. The number of hydrogen-bond acceptors (Lipinski definition) is 10. The summed E-state index contributed by atoms with van der Waals surface area (Å²) in [5.41, 5.74) is 0.930. The molecule has 1 aliphatic heterocycles. The van der Waals surface area contributed by atoms with E-state index in [0.29, 0.717) is 55.6 Å². The second kappa shape index (κ2) is 14.7. The molecule has 1 fully saturated rings. The number of hydrogen-bond donors (Lipinski definition) is 4. The molecule has 0 spiro atoms. The molecule has 0 bridgehead atoms. The number of phosphoric acid groups is 1. The molecule has 2 aromatic heterocycles. The molecular formula is C28H31F2N8O7P. The van der Waals surface area contributed by atoms with Crippen LogP contribution >= 0.6 is 7.82 Å². The Kier molecular flexibility index (Phi) is 10.5. The molecule has 2 aromatic carbocycles. The molecule has 0 atom stereocenters. The third-order valence-corrected chi connectivity index (χ3v) is 7.47.